The van der Waals surface area contributed by atoms with Crippen LogP contribution < -0.4 is 0 Å². The molecule has 0 saturated carbocycles. The molecule has 3 fully saturated rings. The number of carboxylic acid groups (broad SMARTS) is 1. The fourth-order valence-corrected chi connectivity index (χ4v) is 4.05. The Morgan fingerprint density at radius 3 is 2.52 bits per heavy atom. The molecule has 1 aromatic heterocycles. The molecule has 3 atom stereocenters. The van der Waals surface area contributed by atoms with Gasteiger partial charge in [-0.15, -0.1) is 0 Å². The van der Waals surface area contributed by atoms with E-state index >= 15 is 0 Å². The number of pyridine rings is 1. The van der Waals surface area contributed by atoms with Crippen LogP contribution in [0.25, 0.3) is 0 Å². The monoisotopic (exact) mass is 415 g/mol. The van der Waals surface area contributed by atoms with E-state index in [9.17, 15) is 18.0 Å². The summed E-state index contributed by atoms with van der Waals surface area (Å²) in [6.07, 6.45) is 2.13. The standard InChI is InChI=1S/C17H23N3O2.C2HF3O2/c21-17(20-6-1-2-7-20)15-8-14-11-19(12-16(15)22-14)10-13-4-3-5-18-9-13;3-2(4,5)1(6)7/h3-5,9,14-16H,1-2,6-8,10-12H2;(H,6,7)/t14-,15+,16-;/m1./s1. The summed E-state index contributed by atoms with van der Waals surface area (Å²) in [5, 5.41) is 7.12. The molecule has 1 amide bonds. The predicted octanol–water partition coefficient (Wildman–Crippen LogP) is 1.93. The molecule has 160 valence electrons. The third kappa shape index (κ3) is 5.66. The van der Waals surface area contributed by atoms with E-state index in [1.807, 2.05) is 17.2 Å². The number of carbonyl (C=O) groups is 2. The number of rotatable bonds is 3. The summed E-state index contributed by atoms with van der Waals surface area (Å²) in [6, 6.07) is 4.08. The summed E-state index contributed by atoms with van der Waals surface area (Å²) in [6.45, 7) is 4.55. The molecule has 3 aliphatic rings. The largest absolute Gasteiger partial charge is 0.490 e. The highest BCUT2D eigenvalue weighted by molar-refractivity contribution is 5.80. The number of alkyl halides is 3. The first kappa shape index (κ1) is 21.5. The van der Waals surface area contributed by atoms with Crippen LogP contribution >= 0.6 is 0 Å². The number of aliphatic carboxylic acids is 1. The molecule has 1 N–H and O–H groups in total. The first-order chi connectivity index (χ1) is 13.7. The smallest absolute Gasteiger partial charge is 0.475 e. The Morgan fingerprint density at radius 1 is 1.24 bits per heavy atom. The summed E-state index contributed by atoms with van der Waals surface area (Å²) in [5.41, 5.74) is 1.23. The molecule has 4 heterocycles. The van der Waals surface area contributed by atoms with Crippen molar-refractivity contribution in [2.24, 2.45) is 5.92 Å². The number of likely N-dealkylation sites (tertiary alicyclic amines) is 2. The van der Waals surface area contributed by atoms with E-state index in [1.165, 1.54) is 5.56 Å². The summed E-state index contributed by atoms with van der Waals surface area (Å²) in [7, 11) is 0. The first-order valence-electron chi connectivity index (χ1n) is 9.59. The van der Waals surface area contributed by atoms with Crippen molar-refractivity contribution in [1.29, 1.82) is 0 Å². The highest BCUT2D eigenvalue weighted by Gasteiger charge is 2.46. The Labute approximate surface area is 166 Å². The van der Waals surface area contributed by atoms with Gasteiger partial charge in [-0.3, -0.25) is 14.7 Å². The number of ether oxygens (including phenoxy) is 1. The highest BCUT2D eigenvalue weighted by atomic mass is 19.4. The van der Waals surface area contributed by atoms with Crippen molar-refractivity contribution in [1.82, 2.24) is 14.8 Å². The number of carboxylic acids is 1. The van der Waals surface area contributed by atoms with E-state index < -0.39 is 12.1 Å². The van der Waals surface area contributed by atoms with Crippen LogP contribution in [-0.2, 0) is 20.9 Å². The number of halogens is 3. The van der Waals surface area contributed by atoms with Gasteiger partial charge in [-0.2, -0.15) is 13.2 Å². The fourth-order valence-electron chi connectivity index (χ4n) is 4.05. The minimum Gasteiger partial charge on any atom is -0.475 e. The van der Waals surface area contributed by atoms with Crippen molar-refractivity contribution in [3.63, 3.8) is 0 Å². The van der Waals surface area contributed by atoms with Gasteiger partial charge in [-0.25, -0.2) is 4.79 Å². The number of hydrogen-bond acceptors (Lipinski definition) is 5. The van der Waals surface area contributed by atoms with Gasteiger partial charge in [-0.05, 0) is 30.9 Å². The number of carbonyl (C=O) groups excluding carboxylic acids is 1. The van der Waals surface area contributed by atoms with Crippen LogP contribution in [0.2, 0.25) is 0 Å². The van der Waals surface area contributed by atoms with Gasteiger partial charge in [0.15, 0.2) is 0 Å². The van der Waals surface area contributed by atoms with Gasteiger partial charge >= 0.3 is 12.1 Å². The molecule has 3 aliphatic heterocycles. The summed E-state index contributed by atoms with van der Waals surface area (Å²) in [4.78, 5) is 30.2. The van der Waals surface area contributed by atoms with Crippen LogP contribution in [0.1, 0.15) is 24.8 Å². The molecule has 0 aliphatic carbocycles. The number of aromatic nitrogens is 1. The van der Waals surface area contributed by atoms with Crippen molar-refractivity contribution in [3.8, 4) is 0 Å². The van der Waals surface area contributed by atoms with Crippen LogP contribution in [0, 0.1) is 5.92 Å². The molecule has 0 aromatic carbocycles. The van der Waals surface area contributed by atoms with Crippen molar-refractivity contribution < 1.29 is 32.6 Å². The number of hydrogen-bond donors (Lipinski definition) is 1. The molecule has 4 rings (SSSR count). The Morgan fingerprint density at radius 2 is 1.93 bits per heavy atom. The molecular formula is C19H24F3N3O4. The lowest BCUT2D eigenvalue weighted by molar-refractivity contribution is -0.192. The predicted molar refractivity (Wildman–Crippen MR) is 95.8 cm³/mol. The van der Waals surface area contributed by atoms with Gasteiger partial charge in [0.1, 0.15) is 0 Å². The Kier molecular flexibility index (Phi) is 6.74. The SMILES string of the molecule is O=C(O)C(F)(F)F.O=C([C@H]1C[C@@H]2CN(Cc3cccnc3)C[C@H]1O2)N1CCCC1. The van der Waals surface area contributed by atoms with E-state index in [4.69, 9.17) is 14.6 Å². The summed E-state index contributed by atoms with van der Waals surface area (Å²) in [5.74, 6) is -2.36. The highest BCUT2D eigenvalue weighted by Crippen LogP contribution is 2.34. The Balaban J connectivity index is 0.000000298. The molecule has 7 nitrogen and oxygen atoms in total. The van der Waals surface area contributed by atoms with E-state index in [-0.39, 0.29) is 18.1 Å². The van der Waals surface area contributed by atoms with Crippen molar-refractivity contribution >= 4 is 11.9 Å². The quantitative estimate of drug-likeness (QED) is 0.812. The Hall–Kier alpha value is -2.20. The topological polar surface area (TPSA) is 83.0 Å². The maximum atomic E-state index is 12.7. The molecule has 29 heavy (non-hydrogen) atoms. The zero-order chi connectivity index (χ0) is 21.0. The van der Waals surface area contributed by atoms with Gasteiger partial charge in [0.2, 0.25) is 5.91 Å². The summed E-state index contributed by atoms with van der Waals surface area (Å²) >= 11 is 0. The molecule has 3 saturated heterocycles. The average molecular weight is 415 g/mol. The van der Waals surface area contributed by atoms with E-state index in [0.717, 1.165) is 52.0 Å². The van der Waals surface area contributed by atoms with Crippen LogP contribution in [0.4, 0.5) is 13.2 Å². The van der Waals surface area contributed by atoms with Crippen LogP contribution in [0.3, 0.4) is 0 Å². The second-order valence-corrected chi connectivity index (χ2v) is 7.53. The molecule has 0 unspecified atom stereocenters. The van der Waals surface area contributed by atoms with E-state index in [0.29, 0.717) is 5.91 Å². The molecule has 1 aromatic rings. The lowest BCUT2D eigenvalue weighted by atomic mass is 9.99. The van der Waals surface area contributed by atoms with Crippen LogP contribution in [-0.4, -0.2) is 76.3 Å². The maximum absolute atomic E-state index is 12.7. The van der Waals surface area contributed by atoms with E-state index in [2.05, 4.69) is 16.0 Å². The summed E-state index contributed by atoms with van der Waals surface area (Å²) < 4.78 is 37.8. The van der Waals surface area contributed by atoms with E-state index in [1.54, 1.807) is 6.20 Å². The molecule has 0 radical (unpaired) electrons. The van der Waals surface area contributed by atoms with Gasteiger partial charge < -0.3 is 14.7 Å². The van der Waals surface area contributed by atoms with Gasteiger partial charge in [0.25, 0.3) is 0 Å². The first-order valence-corrected chi connectivity index (χ1v) is 9.59. The number of fused-ring (bicyclic) bond motifs is 2. The molecule has 2 bridgehead atoms. The lowest BCUT2D eigenvalue weighted by Crippen LogP contribution is -2.45. The second kappa shape index (κ2) is 9.08. The van der Waals surface area contributed by atoms with Crippen LogP contribution in [0.5, 0.6) is 0 Å². The third-order valence-electron chi connectivity index (χ3n) is 5.34. The number of amides is 1. The zero-order valence-corrected chi connectivity index (χ0v) is 15.8. The van der Waals surface area contributed by atoms with Crippen LogP contribution in [0.15, 0.2) is 24.5 Å². The molecule has 0 spiro atoms. The number of nitrogens with zero attached hydrogens (tertiary/aromatic N) is 3. The minimum atomic E-state index is -5.08. The Bertz CT molecular complexity index is 710. The third-order valence-corrected chi connectivity index (χ3v) is 5.34. The number of morpholine rings is 1. The second-order valence-electron chi connectivity index (χ2n) is 7.53. The molecule has 10 heteroatoms. The van der Waals surface area contributed by atoms with Crippen molar-refractivity contribution in [2.75, 3.05) is 26.2 Å². The van der Waals surface area contributed by atoms with Crippen molar-refractivity contribution in [2.45, 2.75) is 44.2 Å². The average Bonchev–Trinajstić information content (AvgIpc) is 3.30. The van der Waals surface area contributed by atoms with Gasteiger partial charge in [0, 0.05) is 45.1 Å². The minimum absolute atomic E-state index is 0.0713. The van der Waals surface area contributed by atoms with Gasteiger partial charge in [0.05, 0.1) is 18.1 Å². The fraction of sp³-hybridized carbons (Fsp3) is 0.632. The zero-order valence-electron chi connectivity index (χ0n) is 15.8. The maximum Gasteiger partial charge on any atom is 0.490 e. The normalized spacial score (nSPS) is 26.7. The lowest BCUT2D eigenvalue weighted by Gasteiger charge is -2.33. The molecular weight excluding hydrogens is 391 g/mol. The van der Waals surface area contributed by atoms with Crippen molar-refractivity contribution in [3.05, 3.63) is 30.1 Å². The van der Waals surface area contributed by atoms with Gasteiger partial charge in [-0.1, -0.05) is 6.07 Å².